The molecule has 4 rings (SSSR count). The molecule has 0 aliphatic rings. The molecule has 0 unspecified atom stereocenters. The Morgan fingerprint density at radius 2 is 1.79 bits per heavy atom. The van der Waals surface area contributed by atoms with E-state index in [-0.39, 0.29) is 29.5 Å². The third kappa shape index (κ3) is 6.96. The van der Waals surface area contributed by atoms with E-state index >= 15 is 4.39 Å². The number of nitrogens with one attached hydrogen (secondary N) is 2. The Labute approximate surface area is 245 Å². The Bertz CT molecular complexity index is 1770. The Hall–Kier alpha value is -3.83. The number of rotatable bonds is 11. The van der Waals surface area contributed by atoms with E-state index in [4.69, 9.17) is 0 Å². The van der Waals surface area contributed by atoms with Gasteiger partial charge in [0.15, 0.2) is 0 Å². The van der Waals surface area contributed by atoms with Crippen LogP contribution in [-0.2, 0) is 34.3 Å². The molecule has 0 spiro atoms. The maximum atomic E-state index is 15.7. The topological polar surface area (TPSA) is 115 Å². The molecular formula is C31H38FN5O4S. The SMILES string of the molecule is CCCNC(=O)Cn1ccc2nc(CCC)n(Cc3ccc(-c4ccccc4S(=O)(=O)NC(C)(C)C)cc3F)c2c1=O. The van der Waals surface area contributed by atoms with Crippen molar-refractivity contribution in [3.8, 4) is 11.1 Å². The number of carbonyl (C=O) groups excluding carboxylic acids is 1. The van der Waals surface area contributed by atoms with Crippen molar-refractivity contribution in [1.29, 1.82) is 0 Å². The minimum atomic E-state index is -3.87. The van der Waals surface area contributed by atoms with Crippen LogP contribution in [0.3, 0.4) is 0 Å². The van der Waals surface area contributed by atoms with E-state index in [9.17, 15) is 18.0 Å². The fourth-order valence-electron chi connectivity index (χ4n) is 4.82. The molecule has 1 amide bonds. The van der Waals surface area contributed by atoms with Crippen molar-refractivity contribution >= 4 is 27.0 Å². The van der Waals surface area contributed by atoms with Crippen LogP contribution >= 0.6 is 0 Å². The molecule has 0 saturated carbocycles. The molecule has 2 heterocycles. The second-order valence-electron chi connectivity index (χ2n) is 11.4. The number of pyridine rings is 1. The third-order valence-electron chi connectivity index (χ3n) is 6.62. The van der Waals surface area contributed by atoms with Gasteiger partial charge in [-0.15, -0.1) is 0 Å². The zero-order valence-electron chi connectivity index (χ0n) is 24.7. The first-order valence-electron chi connectivity index (χ1n) is 14.1. The van der Waals surface area contributed by atoms with Crippen molar-refractivity contribution in [1.82, 2.24) is 24.2 Å². The average molecular weight is 596 g/mol. The maximum Gasteiger partial charge on any atom is 0.277 e. The van der Waals surface area contributed by atoms with Gasteiger partial charge in [0.2, 0.25) is 15.9 Å². The summed E-state index contributed by atoms with van der Waals surface area (Å²) in [6.45, 7) is 9.65. The van der Waals surface area contributed by atoms with Gasteiger partial charge in [0, 0.05) is 35.8 Å². The molecule has 0 aliphatic carbocycles. The van der Waals surface area contributed by atoms with Crippen LogP contribution in [0, 0.1) is 5.82 Å². The number of fused-ring (bicyclic) bond motifs is 1. The molecule has 224 valence electrons. The Morgan fingerprint density at radius 1 is 1.05 bits per heavy atom. The Kier molecular flexibility index (Phi) is 9.32. The van der Waals surface area contributed by atoms with Crippen LogP contribution in [0.25, 0.3) is 22.2 Å². The highest BCUT2D eigenvalue weighted by Gasteiger charge is 2.25. The van der Waals surface area contributed by atoms with E-state index in [0.717, 1.165) is 12.8 Å². The number of benzene rings is 2. The summed E-state index contributed by atoms with van der Waals surface area (Å²) in [5.41, 5.74) is 0.826. The van der Waals surface area contributed by atoms with Gasteiger partial charge in [-0.05, 0) is 57.4 Å². The van der Waals surface area contributed by atoms with Crippen molar-refractivity contribution in [2.45, 2.75) is 77.4 Å². The first-order chi connectivity index (χ1) is 19.8. The fourth-order valence-corrected chi connectivity index (χ4v) is 6.47. The van der Waals surface area contributed by atoms with Crippen LogP contribution in [0.4, 0.5) is 4.39 Å². The number of imidazole rings is 1. The van der Waals surface area contributed by atoms with Crippen LogP contribution in [-0.4, -0.2) is 40.5 Å². The van der Waals surface area contributed by atoms with Gasteiger partial charge >= 0.3 is 0 Å². The highest BCUT2D eigenvalue weighted by atomic mass is 32.2. The van der Waals surface area contributed by atoms with Crippen LogP contribution in [0.15, 0.2) is 64.4 Å². The lowest BCUT2D eigenvalue weighted by atomic mass is 10.0. The van der Waals surface area contributed by atoms with E-state index in [2.05, 4.69) is 15.0 Å². The summed E-state index contributed by atoms with van der Waals surface area (Å²) >= 11 is 0. The third-order valence-corrected chi connectivity index (χ3v) is 8.43. The molecule has 0 atom stereocenters. The lowest BCUT2D eigenvalue weighted by Gasteiger charge is -2.21. The van der Waals surface area contributed by atoms with Crippen molar-refractivity contribution in [3.63, 3.8) is 0 Å². The summed E-state index contributed by atoms with van der Waals surface area (Å²) in [7, 11) is -3.87. The number of carbonyl (C=O) groups is 1. The van der Waals surface area contributed by atoms with Gasteiger partial charge in [-0.3, -0.25) is 9.59 Å². The predicted molar refractivity (Wildman–Crippen MR) is 162 cm³/mol. The van der Waals surface area contributed by atoms with Gasteiger partial charge in [-0.25, -0.2) is 22.5 Å². The van der Waals surface area contributed by atoms with E-state index in [1.807, 2.05) is 13.8 Å². The summed E-state index contributed by atoms with van der Waals surface area (Å²) in [6, 6.07) is 12.8. The number of halogens is 1. The summed E-state index contributed by atoms with van der Waals surface area (Å²) in [5, 5.41) is 2.77. The molecule has 42 heavy (non-hydrogen) atoms. The second kappa shape index (κ2) is 12.6. The number of sulfonamides is 1. The quantitative estimate of drug-likeness (QED) is 0.263. The van der Waals surface area contributed by atoms with Crippen LogP contribution < -0.4 is 15.6 Å². The number of aromatic nitrogens is 3. The summed E-state index contributed by atoms with van der Waals surface area (Å²) in [6.07, 6.45) is 3.69. The van der Waals surface area contributed by atoms with Gasteiger partial charge in [-0.1, -0.05) is 44.2 Å². The molecule has 4 aromatic rings. The Balaban J connectivity index is 1.73. The fraction of sp³-hybridized carbons (Fsp3) is 0.387. The predicted octanol–water partition coefficient (Wildman–Crippen LogP) is 4.61. The Morgan fingerprint density at radius 3 is 2.45 bits per heavy atom. The average Bonchev–Trinajstić information content (AvgIpc) is 3.26. The minimum Gasteiger partial charge on any atom is -0.355 e. The first-order valence-corrected chi connectivity index (χ1v) is 15.6. The molecule has 2 aromatic heterocycles. The van der Waals surface area contributed by atoms with Gasteiger partial charge in [0.05, 0.1) is 17.0 Å². The number of hydrogen-bond donors (Lipinski definition) is 2. The van der Waals surface area contributed by atoms with E-state index in [1.165, 1.54) is 16.7 Å². The van der Waals surface area contributed by atoms with Crippen molar-refractivity contribution in [2.75, 3.05) is 6.54 Å². The molecular weight excluding hydrogens is 557 g/mol. The second-order valence-corrected chi connectivity index (χ2v) is 13.0. The maximum absolute atomic E-state index is 15.7. The minimum absolute atomic E-state index is 0.0464. The zero-order valence-corrected chi connectivity index (χ0v) is 25.5. The molecule has 0 radical (unpaired) electrons. The summed E-state index contributed by atoms with van der Waals surface area (Å²) in [5.74, 6) is -0.159. The highest BCUT2D eigenvalue weighted by Crippen LogP contribution is 2.30. The van der Waals surface area contributed by atoms with Gasteiger partial charge in [0.1, 0.15) is 23.7 Å². The van der Waals surface area contributed by atoms with Gasteiger partial charge < -0.3 is 14.5 Å². The van der Waals surface area contributed by atoms with E-state index in [0.29, 0.717) is 46.5 Å². The van der Waals surface area contributed by atoms with Gasteiger partial charge in [0.25, 0.3) is 5.56 Å². The van der Waals surface area contributed by atoms with Crippen LogP contribution in [0.5, 0.6) is 0 Å². The van der Waals surface area contributed by atoms with Gasteiger partial charge in [-0.2, -0.15) is 0 Å². The molecule has 2 aromatic carbocycles. The van der Waals surface area contributed by atoms with Crippen molar-refractivity contribution < 1.29 is 17.6 Å². The molecule has 0 aliphatic heterocycles. The molecule has 0 saturated heterocycles. The summed E-state index contributed by atoms with van der Waals surface area (Å²) < 4.78 is 47.7. The molecule has 0 fully saturated rings. The smallest absolute Gasteiger partial charge is 0.277 e. The van der Waals surface area contributed by atoms with Crippen LogP contribution in [0.1, 0.15) is 58.8 Å². The lowest BCUT2D eigenvalue weighted by Crippen LogP contribution is -2.40. The zero-order chi connectivity index (χ0) is 30.7. The van der Waals surface area contributed by atoms with E-state index in [1.54, 1.807) is 67.9 Å². The number of aryl methyl sites for hydroxylation is 1. The monoisotopic (exact) mass is 595 g/mol. The normalized spacial score (nSPS) is 12.1. The number of hydrogen-bond acceptors (Lipinski definition) is 5. The van der Waals surface area contributed by atoms with Crippen LogP contribution in [0.2, 0.25) is 0 Å². The molecule has 0 bridgehead atoms. The largest absolute Gasteiger partial charge is 0.355 e. The van der Waals surface area contributed by atoms with Crippen molar-refractivity contribution in [2.24, 2.45) is 0 Å². The molecule has 9 nitrogen and oxygen atoms in total. The summed E-state index contributed by atoms with van der Waals surface area (Å²) in [4.78, 5) is 30.5. The number of amides is 1. The lowest BCUT2D eigenvalue weighted by molar-refractivity contribution is -0.121. The van der Waals surface area contributed by atoms with Crippen molar-refractivity contribution in [3.05, 3.63) is 82.3 Å². The highest BCUT2D eigenvalue weighted by molar-refractivity contribution is 7.89. The standard InChI is InChI=1S/C31H38FN5O4S/c1-6-10-27-34-25-15-17-36(20-28(38)33-16-7-2)30(39)29(25)37(27)19-22-14-13-21(18-24(22)32)23-11-8-9-12-26(23)42(40,41)35-31(3,4)5/h8-9,11-15,17-18,35H,6-7,10,16,19-20H2,1-5H3,(H,33,38). The molecule has 2 N–H and O–H groups in total. The first kappa shape index (κ1) is 31.1. The molecule has 11 heteroatoms. The van der Waals surface area contributed by atoms with E-state index < -0.39 is 21.4 Å². The number of nitrogens with zero attached hydrogens (tertiary/aromatic N) is 3.